The van der Waals surface area contributed by atoms with Gasteiger partial charge in [0.2, 0.25) is 0 Å². The van der Waals surface area contributed by atoms with Gasteiger partial charge in [0.25, 0.3) is 0 Å². The molecule has 0 aromatic rings. The van der Waals surface area contributed by atoms with Crippen LogP contribution in [-0.2, 0) is 4.79 Å². The maximum Gasteiger partial charge on any atom is 0.317 e. The molecule has 110 valence electrons. The van der Waals surface area contributed by atoms with Crippen LogP contribution in [0, 0.1) is 11.8 Å². The molecule has 0 unspecified atom stereocenters. The lowest BCUT2D eigenvalue weighted by molar-refractivity contribution is -0.308. The standard InChI is InChI=1S/C13H24N2O3S/c1-9-6-10(2)8-15(7-9)13(18)14-11(12(16)17)4-5-19-3/h9-11H,4-8H2,1-3H3,(H,14,18)(H,16,17)/p-1/t9-,10-,11-/m0/s1. The number of rotatable bonds is 5. The van der Waals surface area contributed by atoms with E-state index in [0.717, 1.165) is 6.42 Å². The Morgan fingerprint density at radius 2 is 1.95 bits per heavy atom. The second kappa shape index (κ2) is 7.62. The van der Waals surface area contributed by atoms with E-state index in [0.29, 0.717) is 37.1 Å². The number of hydrogen-bond donors (Lipinski definition) is 1. The molecule has 1 aliphatic heterocycles. The fraction of sp³-hybridized carbons (Fsp3) is 0.846. The lowest BCUT2D eigenvalue weighted by Gasteiger charge is -2.36. The highest BCUT2D eigenvalue weighted by molar-refractivity contribution is 7.98. The number of carboxylic acid groups (broad SMARTS) is 1. The lowest BCUT2D eigenvalue weighted by Crippen LogP contribution is -2.54. The molecule has 2 amide bonds. The summed E-state index contributed by atoms with van der Waals surface area (Å²) in [6.07, 6.45) is 3.41. The molecule has 1 heterocycles. The number of carbonyl (C=O) groups is 2. The molecule has 0 saturated carbocycles. The second-order valence-corrected chi connectivity index (χ2v) is 6.44. The lowest BCUT2D eigenvalue weighted by atomic mass is 9.92. The maximum absolute atomic E-state index is 12.1. The van der Waals surface area contributed by atoms with Crippen molar-refractivity contribution in [2.24, 2.45) is 11.8 Å². The minimum Gasteiger partial charge on any atom is -0.548 e. The number of likely N-dealkylation sites (tertiary alicyclic amines) is 1. The van der Waals surface area contributed by atoms with Crippen molar-refractivity contribution in [3.63, 3.8) is 0 Å². The Kier molecular flexibility index (Phi) is 6.48. The Morgan fingerprint density at radius 3 is 2.42 bits per heavy atom. The Hall–Kier alpha value is -0.910. The quantitative estimate of drug-likeness (QED) is 0.801. The Bertz CT molecular complexity index is 315. The Labute approximate surface area is 119 Å². The van der Waals surface area contributed by atoms with E-state index in [1.54, 1.807) is 16.7 Å². The van der Waals surface area contributed by atoms with Crippen LogP contribution in [0.25, 0.3) is 0 Å². The van der Waals surface area contributed by atoms with Gasteiger partial charge >= 0.3 is 6.03 Å². The number of nitrogens with zero attached hydrogens (tertiary/aromatic N) is 1. The molecule has 0 radical (unpaired) electrons. The van der Waals surface area contributed by atoms with Gasteiger partial charge in [0.1, 0.15) is 0 Å². The number of aliphatic carboxylic acids is 1. The number of carbonyl (C=O) groups excluding carboxylic acids is 2. The first-order valence-corrected chi connectivity index (χ1v) is 8.08. The third kappa shape index (κ3) is 5.30. The number of thioether (sulfide) groups is 1. The van der Waals surface area contributed by atoms with Gasteiger partial charge in [-0.15, -0.1) is 0 Å². The van der Waals surface area contributed by atoms with Crippen LogP contribution in [0.4, 0.5) is 4.79 Å². The minimum atomic E-state index is -1.21. The van der Waals surface area contributed by atoms with Crippen LogP contribution in [0.5, 0.6) is 0 Å². The molecule has 1 N–H and O–H groups in total. The van der Waals surface area contributed by atoms with Crippen molar-refractivity contribution in [3.8, 4) is 0 Å². The summed E-state index contributed by atoms with van der Waals surface area (Å²) in [5.41, 5.74) is 0. The topological polar surface area (TPSA) is 72.5 Å². The van der Waals surface area contributed by atoms with Crippen molar-refractivity contribution in [2.45, 2.75) is 32.7 Å². The number of urea groups is 1. The third-order valence-corrected chi connectivity index (χ3v) is 3.99. The van der Waals surface area contributed by atoms with Crippen LogP contribution in [0.2, 0.25) is 0 Å². The molecular weight excluding hydrogens is 264 g/mol. The summed E-state index contributed by atoms with van der Waals surface area (Å²) >= 11 is 1.55. The summed E-state index contributed by atoms with van der Waals surface area (Å²) in [5, 5.41) is 13.6. The Morgan fingerprint density at radius 1 is 1.37 bits per heavy atom. The highest BCUT2D eigenvalue weighted by atomic mass is 32.2. The first-order chi connectivity index (χ1) is 8.93. The van der Waals surface area contributed by atoms with Gasteiger partial charge < -0.3 is 20.1 Å². The first kappa shape index (κ1) is 16.1. The van der Waals surface area contributed by atoms with Crippen molar-refractivity contribution in [2.75, 3.05) is 25.1 Å². The van der Waals surface area contributed by atoms with Gasteiger partial charge in [-0.3, -0.25) is 0 Å². The average molecular weight is 287 g/mol. The maximum atomic E-state index is 12.1. The summed E-state index contributed by atoms with van der Waals surface area (Å²) < 4.78 is 0. The van der Waals surface area contributed by atoms with Crippen LogP contribution in [-0.4, -0.2) is 48.0 Å². The Balaban J connectivity index is 2.53. The fourth-order valence-electron chi connectivity index (χ4n) is 2.55. The van der Waals surface area contributed by atoms with Gasteiger partial charge in [-0.05, 0) is 36.7 Å². The van der Waals surface area contributed by atoms with E-state index >= 15 is 0 Å². The highest BCUT2D eigenvalue weighted by Gasteiger charge is 2.26. The van der Waals surface area contributed by atoms with Crippen LogP contribution in [0.15, 0.2) is 0 Å². The molecular formula is C13H23N2O3S-. The van der Waals surface area contributed by atoms with Crippen molar-refractivity contribution < 1.29 is 14.7 Å². The third-order valence-electron chi connectivity index (χ3n) is 3.35. The van der Waals surface area contributed by atoms with E-state index in [2.05, 4.69) is 19.2 Å². The molecule has 3 atom stereocenters. The fourth-order valence-corrected chi connectivity index (χ4v) is 3.03. The molecule has 1 fully saturated rings. The molecule has 19 heavy (non-hydrogen) atoms. The summed E-state index contributed by atoms with van der Waals surface area (Å²) in [5.74, 6) is 0.399. The second-order valence-electron chi connectivity index (χ2n) is 5.45. The predicted octanol–water partition coefficient (Wildman–Crippen LogP) is 0.546. The monoisotopic (exact) mass is 287 g/mol. The van der Waals surface area contributed by atoms with Crippen molar-refractivity contribution in [3.05, 3.63) is 0 Å². The molecule has 1 rings (SSSR count). The number of hydrogen-bond acceptors (Lipinski definition) is 4. The molecule has 5 nitrogen and oxygen atoms in total. The van der Waals surface area contributed by atoms with Crippen molar-refractivity contribution in [1.29, 1.82) is 0 Å². The van der Waals surface area contributed by atoms with Gasteiger partial charge in [-0.1, -0.05) is 13.8 Å². The van der Waals surface area contributed by atoms with E-state index in [1.165, 1.54) is 0 Å². The van der Waals surface area contributed by atoms with E-state index in [4.69, 9.17) is 0 Å². The zero-order chi connectivity index (χ0) is 14.4. The van der Waals surface area contributed by atoms with E-state index < -0.39 is 12.0 Å². The van der Waals surface area contributed by atoms with E-state index in [9.17, 15) is 14.7 Å². The molecule has 0 bridgehead atoms. The summed E-state index contributed by atoms with van der Waals surface area (Å²) in [6.45, 7) is 5.61. The van der Waals surface area contributed by atoms with Gasteiger partial charge in [0, 0.05) is 13.1 Å². The van der Waals surface area contributed by atoms with Gasteiger partial charge in [0.05, 0.1) is 12.0 Å². The van der Waals surface area contributed by atoms with Crippen LogP contribution in [0.1, 0.15) is 26.7 Å². The summed E-state index contributed by atoms with van der Waals surface area (Å²) in [6, 6.07) is -1.18. The molecule has 0 aliphatic carbocycles. The van der Waals surface area contributed by atoms with Crippen LogP contribution >= 0.6 is 11.8 Å². The number of amides is 2. The molecule has 1 aliphatic rings. The van der Waals surface area contributed by atoms with Gasteiger partial charge in [0.15, 0.2) is 0 Å². The number of carboxylic acids is 1. The molecule has 0 aromatic heterocycles. The van der Waals surface area contributed by atoms with Crippen molar-refractivity contribution >= 4 is 23.8 Å². The first-order valence-electron chi connectivity index (χ1n) is 6.69. The smallest absolute Gasteiger partial charge is 0.317 e. The zero-order valence-electron chi connectivity index (χ0n) is 11.8. The SMILES string of the molecule is CSCC[C@H](NC(=O)N1C[C@@H](C)C[C@H](C)C1)C(=O)[O-]. The van der Waals surface area contributed by atoms with Gasteiger partial charge in [-0.2, -0.15) is 11.8 Å². The molecule has 0 spiro atoms. The average Bonchev–Trinajstić information content (AvgIpc) is 2.32. The van der Waals surface area contributed by atoms with Crippen molar-refractivity contribution in [1.82, 2.24) is 10.2 Å². The van der Waals surface area contributed by atoms with Crippen LogP contribution < -0.4 is 10.4 Å². The normalized spacial score (nSPS) is 24.9. The number of nitrogens with one attached hydrogen (secondary N) is 1. The predicted molar refractivity (Wildman–Crippen MR) is 74.8 cm³/mol. The molecule has 0 aromatic carbocycles. The summed E-state index contributed by atoms with van der Waals surface area (Å²) in [4.78, 5) is 24.8. The summed E-state index contributed by atoms with van der Waals surface area (Å²) in [7, 11) is 0. The van der Waals surface area contributed by atoms with E-state index in [1.807, 2.05) is 6.26 Å². The highest BCUT2D eigenvalue weighted by Crippen LogP contribution is 2.20. The molecule has 6 heteroatoms. The van der Waals surface area contributed by atoms with Gasteiger partial charge in [-0.25, -0.2) is 4.79 Å². The largest absolute Gasteiger partial charge is 0.548 e. The zero-order valence-corrected chi connectivity index (χ0v) is 12.7. The van der Waals surface area contributed by atoms with Crippen LogP contribution in [0.3, 0.4) is 0 Å². The number of piperidine rings is 1. The minimum absolute atomic E-state index is 0.284. The molecule has 1 saturated heterocycles. The van der Waals surface area contributed by atoms with E-state index in [-0.39, 0.29) is 6.03 Å².